The lowest BCUT2D eigenvalue weighted by Crippen LogP contribution is -2.45. The molecular formula is C22H24N4O3S. The van der Waals surface area contributed by atoms with Gasteiger partial charge in [-0.2, -0.15) is 0 Å². The van der Waals surface area contributed by atoms with E-state index in [0.717, 1.165) is 0 Å². The Hall–Kier alpha value is -2.84. The van der Waals surface area contributed by atoms with Crippen LogP contribution < -0.4 is 4.90 Å². The van der Waals surface area contributed by atoms with E-state index in [-0.39, 0.29) is 22.0 Å². The molecule has 3 aromatic rings. The second-order valence-electron chi connectivity index (χ2n) is 7.54. The maximum absolute atomic E-state index is 13.3. The van der Waals surface area contributed by atoms with Crippen LogP contribution in [0.15, 0.2) is 64.6 Å². The predicted octanol–water partition coefficient (Wildman–Crippen LogP) is 3.29. The maximum Gasteiger partial charge on any atom is 0.206 e. The van der Waals surface area contributed by atoms with Gasteiger partial charge in [0.2, 0.25) is 9.84 Å². The molecule has 30 heavy (non-hydrogen) atoms. The lowest BCUT2D eigenvalue weighted by Gasteiger charge is -2.36. The number of morpholine rings is 1. The summed E-state index contributed by atoms with van der Waals surface area (Å²) < 4.78 is 32.5. The van der Waals surface area contributed by atoms with E-state index in [9.17, 15) is 8.42 Å². The first kappa shape index (κ1) is 20.4. The van der Waals surface area contributed by atoms with E-state index in [0.29, 0.717) is 36.0 Å². The Morgan fingerprint density at radius 3 is 2.23 bits per heavy atom. The number of sulfone groups is 1. The molecule has 1 fully saturated rings. The zero-order chi connectivity index (χ0) is 21.3. The summed E-state index contributed by atoms with van der Waals surface area (Å²) >= 11 is 0. The van der Waals surface area contributed by atoms with Gasteiger partial charge in [0.1, 0.15) is 11.6 Å². The van der Waals surface area contributed by atoms with Crippen molar-refractivity contribution in [1.82, 2.24) is 15.0 Å². The van der Waals surface area contributed by atoms with Crippen molar-refractivity contribution in [3.8, 4) is 11.3 Å². The van der Waals surface area contributed by atoms with Gasteiger partial charge < -0.3 is 9.64 Å². The molecule has 156 valence electrons. The van der Waals surface area contributed by atoms with E-state index in [1.165, 1.54) is 0 Å². The molecule has 0 saturated carbocycles. The number of ether oxygens (including phenoxy) is 1. The summed E-state index contributed by atoms with van der Waals surface area (Å²) in [6.07, 6.45) is 3.38. The van der Waals surface area contributed by atoms with Gasteiger partial charge in [-0.3, -0.25) is 0 Å². The third-order valence-corrected chi connectivity index (χ3v) is 6.72. The molecule has 0 bridgehead atoms. The standard InChI is InChI=1S/C22H24N4O3S/c1-15-13-26(14-16(2)29-15)22-10-20(30(27,28)19-7-5-4-6-8-19)9-21(25-22)18-11-23-17(3)24-12-18/h4-12,15-16H,13-14H2,1-3H3. The molecule has 0 spiro atoms. The first-order chi connectivity index (χ1) is 14.3. The lowest BCUT2D eigenvalue weighted by molar-refractivity contribution is -0.00546. The molecule has 3 heterocycles. The van der Waals surface area contributed by atoms with Crippen molar-refractivity contribution in [3.05, 3.63) is 60.7 Å². The van der Waals surface area contributed by atoms with Crippen LogP contribution >= 0.6 is 0 Å². The Kier molecular flexibility index (Phi) is 5.53. The fourth-order valence-corrected chi connectivity index (χ4v) is 4.90. The molecule has 8 heteroatoms. The van der Waals surface area contributed by atoms with Crippen molar-refractivity contribution < 1.29 is 13.2 Å². The van der Waals surface area contributed by atoms with Crippen LogP contribution in [0.4, 0.5) is 5.82 Å². The van der Waals surface area contributed by atoms with Gasteiger partial charge in [0.15, 0.2) is 0 Å². The van der Waals surface area contributed by atoms with Gasteiger partial charge in [-0.25, -0.2) is 23.4 Å². The van der Waals surface area contributed by atoms with Crippen LogP contribution in [0.5, 0.6) is 0 Å². The first-order valence-corrected chi connectivity index (χ1v) is 11.3. The van der Waals surface area contributed by atoms with Crippen LogP contribution in [0.2, 0.25) is 0 Å². The molecule has 1 aliphatic rings. The van der Waals surface area contributed by atoms with E-state index in [4.69, 9.17) is 9.72 Å². The third-order valence-electron chi connectivity index (χ3n) is 4.97. The number of benzene rings is 1. The molecule has 0 radical (unpaired) electrons. The molecule has 1 saturated heterocycles. The van der Waals surface area contributed by atoms with E-state index in [1.54, 1.807) is 61.8 Å². The second-order valence-corrected chi connectivity index (χ2v) is 9.49. The van der Waals surface area contributed by atoms with Crippen molar-refractivity contribution in [3.63, 3.8) is 0 Å². The number of nitrogens with zero attached hydrogens (tertiary/aromatic N) is 4. The highest BCUT2D eigenvalue weighted by molar-refractivity contribution is 7.91. The van der Waals surface area contributed by atoms with Crippen molar-refractivity contribution in [1.29, 1.82) is 0 Å². The SMILES string of the molecule is Cc1ncc(-c2cc(S(=O)(=O)c3ccccc3)cc(N3CC(C)OC(C)C3)n2)cn1. The van der Waals surface area contributed by atoms with Gasteiger partial charge in [-0.1, -0.05) is 18.2 Å². The molecule has 0 amide bonds. The number of rotatable bonds is 4. The minimum absolute atomic E-state index is 0.0242. The quantitative estimate of drug-likeness (QED) is 0.635. The Morgan fingerprint density at radius 2 is 1.60 bits per heavy atom. The summed E-state index contributed by atoms with van der Waals surface area (Å²) in [6.45, 7) is 7.07. The van der Waals surface area contributed by atoms with Gasteiger partial charge in [-0.05, 0) is 45.0 Å². The van der Waals surface area contributed by atoms with Crippen LogP contribution in [-0.2, 0) is 14.6 Å². The number of hydrogen-bond acceptors (Lipinski definition) is 7. The van der Waals surface area contributed by atoms with Crippen LogP contribution in [0.25, 0.3) is 11.3 Å². The third kappa shape index (κ3) is 4.20. The maximum atomic E-state index is 13.3. The normalized spacial score (nSPS) is 19.6. The highest BCUT2D eigenvalue weighted by Crippen LogP contribution is 2.30. The Balaban J connectivity index is 1.85. The van der Waals surface area contributed by atoms with Crippen LogP contribution in [-0.4, -0.2) is 48.7 Å². The van der Waals surface area contributed by atoms with Gasteiger partial charge in [0.25, 0.3) is 0 Å². The fourth-order valence-electron chi connectivity index (χ4n) is 3.58. The molecule has 2 atom stereocenters. The molecule has 2 unspecified atom stereocenters. The monoisotopic (exact) mass is 424 g/mol. The van der Waals surface area contributed by atoms with Crippen molar-refractivity contribution in [2.75, 3.05) is 18.0 Å². The highest BCUT2D eigenvalue weighted by Gasteiger charge is 2.26. The van der Waals surface area contributed by atoms with Gasteiger partial charge >= 0.3 is 0 Å². The van der Waals surface area contributed by atoms with Crippen LogP contribution in [0, 0.1) is 6.92 Å². The van der Waals surface area contributed by atoms with Crippen LogP contribution in [0.1, 0.15) is 19.7 Å². The number of aryl methyl sites for hydroxylation is 1. The van der Waals surface area contributed by atoms with Crippen molar-refractivity contribution in [2.24, 2.45) is 0 Å². The molecular weight excluding hydrogens is 400 g/mol. The number of pyridine rings is 1. The van der Waals surface area contributed by atoms with Crippen LogP contribution in [0.3, 0.4) is 0 Å². The number of aromatic nitrogens is 3. The van der Waals surface area contributed by atoms with Gasteiger partial charge in [0.05, 0.1) is 27.7 Å². The zero-order valence-corrected chi connectivity index (χ0v) is 18.0. The molecule has 1 aromatic carbocycles. The minimum Gasteiger partial charge on any atom is -0.372 e. The summed E-state index contributed by atoms with van der Waals surface area (Å²) in [6, 6.07) is 11.7. The molecule has 0 aliphatic carbocycles. The summed E-state index contributed by atoms with van der Waals surface area (Å²) in [5, 5.41) is 0. The highest BCUT2D eigenvalue weighted by atomic mass is 32.2. The van der Waals surface area contributed by atoms with Crippen molar-refractivity contribution >= 4 is 15.7 Å². The molecule has 2 aromatic heterocycles. The minimum atomic E-state index is -3.70. The number of hydrogen-bond donors (Lipinski definition) is 0. The smallest absolute Gasteiger partial charge is 0.206 e. The predicted molar refractivity (Wildman–Crippen MR) is 114 cm³/mol. The Labute approximate surface area is 176 Å². The Bertz CT molecular complexity index is 1120. The van der Waals surface area contributed by atoms with E-state index < -0.39 is 9.84 Å². The first-order valence-electron chi connectivity index (χ1n) is 9.84. The summed E-state index contributed by atoms with van der Waals surface area (Å²) in [5.41, 5.74) is 1.19. The fraction of sp³-hybridized carbons (Fsp3) is 0.318. The Morgan fingerprint density at radius 1 is 0.967 bits per heavy atom. The molecule has 0 N–H and O–H groups in total. The number of anilines is 1. The summed E-state index contributed by atoms with van der Waals surface area (Å²) in [5.74, 6) is 1.24. The van der Waals surface area contributed by atoms with Gasteiger partial charge in [0, 0.05) is 31.0 Å². The summed E-state index contributed by atoms with van der Waals surface area (Å²) in [4.78, 5) is 15.7. The average molecular weight is 425 g/mol. The van der Waals surface area contributed by atoms with E-state index in [1.807, 2.05) is 13.8 Å². The second kappa shape index (κ2) is 8.12. The molecule has 7 nitrogen and oxygen atoms in total. The average Bonchev–Trinajstić information content (AvgIpc) is 2.74. The van der Waals surface area contributed by atoms with E-state index >= 15 is 0 Å². The topological polar surface area (TPSA) is 85.3 Å². The lowest BCUT2D eigenvalue weighted by atomic mass is 10.2. The van der Waals surface area contributed by atoms with E-state index in [2.05, 4.69) is 14.9 Å². The molecule has 1 aliphatic heterocycles. The largest absolute Gasteiger partial charge is 0.372 e. The summed E-state index contributed by atoms with van der Waals surface area (Å²) in [7, 11) is -3.70. The van der Waals surface area contributed by atoms with Gasteiger partial charge in [-0.15, -0.1) is 0 Å². The zero-order valence-electron chi connectivity index (χ0n) is 17.2. The molecule has 4 rings (SSSR count). The van der Waals surface area contributed by atoms with Crippen molar-refractivity contribution in [2.45, 2.75) is 42.8 Å².